The summed E-state index contributed by atoms with van der Waals surface area (Å²) in [4.78, 5) is 39.6. The van der Waals surface area contributed by atoms with E-state index in [1.54, 1.807) is 15.5 Å². The number of likely N-dealkylation sites (tertiary alicyclic amines) is 1. The van der Waals surface area contributed by atoms with Crippen LogP contribution in [0.25, 0.3) is 0 Å². The van der Waals surface area contributed by atoms with Gasteiger partial charge in [0.2, 0.25) is 11.8 Å². The fourth-order valence-electron chi connectivity index (χ4n) is 4.92. The summed E-state index contributed by atoms with van der Waals surface area (Å²) < 4.78 is 1.65. The molecular formula is C22H25N3O4. The first-order valence-corrected chi connectivity index (χ1v) is 9.89. The van der Waals surface area contributed by atoms with E-state index in [4.69, 9.17) is 0 Å². The summed E-state index contributed by atoms with van der Waals surface area (Å²) in [6.45, 7) is 3.49. The van der Waals surface area contributed by atoms with Crippen molar-refractivity contribution in [2.75, 3.05) is 6.61 Å². The molecule has 0 bridgehead atoms. The van der Waals surface area contributed by atoms with Crippen LogP contribution in [0.3, 0.4) is 0 Å². The quantitative estimate of drug-likeness (QED) is 0.815. The molecule has 0 spiro atoms. The van der Waals surface area contributed by atoms with E-state index in [9.17, 15) is 19.5 Å². The van der Waals surface area contributed by atoms with Crippen LogP contribution in [-0.4, -0.2) is 39.0 Å². The molecule has 0 unspecified atom stereocenters. The van der Waals surface area contributed by atoms with E-state index in [2.05, 4.69) is 5.32 Å². The molecule has 1 aromatic heterocycles. The predicted octanol–water partition coefficient (Wildman–Crippen LogP) is 1.24. The number of fused-ring (bicyclic) bond motifs is 3. The van der Waals surface area contributed by atoms with Crippen LogP contribution in [0.2, 0.25) is 0 Å². The lowest BCUT2D eigenvalue weighted by atomic mass is 9.88. The van der Waals surface area contributed by atoms with Gasteiger partial charge in [0, 0.05) is 43.7 Å². The van der Waals surface area contributed by atoms with Crippen molar-refractivity contribution in [2.45, 2.75) is 38.5 Å². The van der Waals surface area contributed by atoms with E-state index in [-0.39, 0.29) is 42.0 Å². The molecule has 5 atom stereocenters. The van der Waals surface area contributed by atoms with Crippen molar-refractivity contribution in [3.8, 4) is 0 Å². The smallest absolute Gasteiger partial charge is 0.250 e. The first kappa shape index (κ1) is 19.4. The second-order valence-corrected chi connectivity index (χ2v) is 7.87. The number of pyridine rings is 1. The molecular weight excluding hydrogens is 370 g/mol. The zero-order valence-electron chi connectivity index (χ0n) is 16.5. The molecule has 2 aliphatic heterocycles. The van der Waals surface area contributed by atoms with Crippen LogP contribution in [0, 0.1) is 11.8 Å². The van der Waals surface area contributed by atoms with Gasteiger partial charge < -0.3 is 19.9 Å². The molecule has 4 rings (SSSR count). The van der Waals surface area contributed by atoms with Gasteiger partial charge in [-0.15, -0.1) is 0 Å². The number of aromatic nitrogens is 1. The average Bonchev–Trinajstić information content (AvgIpc) is 3.24. The van der Waals surface area contributed by atoms with Gasteiger partial charge in [-0.2, -0.15) is 0 Å². The van der Waals surface area contributed by atoms with E-state index >= 15 is 0 Å². The second kappa shape index (κ2) is 7.48. The number of nitrogens with one attached hydrogen (secondary N) is 1. The molecule has 2 aromatic rings. The highest BCUT2D eigenvalue weighted by molar-refractivity contribution is 5.88. The Balaban J connectivity index is 1.67. The molecule has 1 fully saturated rings. The van der Waals surface area contributed by atoms with E-state index < -0.39 is 12.0 Å². The fourth-order valence-corrected chi connectivity index (χ4v) is 4.92. The Morgan fingerprint density at radius 2 is 1.90 bits per heavy atom. The maximum atomic E-state index is 13.2. The van der Waals surface area contributed by atoms with Crippen molar-refractivity contribution >= 4 is 11.8 Å². The number of carbonyl (C=O) groups is 2. The lowest BCUT2D eigenvalue weighted by Crippen LogP contribution is -2.50. The molecule has 0 saturated carbocycles. The normalized spacial score (nSPS) is 26.0. The molecule has 0 radical (unpaired) electrons. The molecule has 29 heavy (non-hydrogen) atoms. The van der Waals surface area contributed by atoms with Crippen molar-refractivity contribution in [1.82, 2.24) is 14.8 Å². The van der Waals surface area contributed by atoms with Crippen molar-refractivity contribution in [3.05, 3.63) is 70.1 Å². The van der Waals surface area contributed by atoms with Crippen LogP contribution >= 0.6 is 0 Å². The van der Waals surface area contributed by atoms with Crippen LogP contribution < -0.4 is 10.9 Å². The highest BCUT2D eigenvalue weighted by Gasteiger charge is 2.56. The Bertz CT molecular complexity index is 987. The van der Waals surface area contributed by atoms with E-state index in [1.807, 2.05) is 43.3 Å². The highest BCUT2D eigenvalue weighted by Crippen LogP contribution is 2.49. The Morgan fingerprint density at radius 1 is 1.17 bits per heavy atom. The van der Waals surface area contributed by atoms with Crippen LogP contribution in [0.1, 0.15) is 37.2 Å². The summed E-state index contributed by atoms with van der Waals surface area (Å²) >= 11 is 0. The number of nitrogens with zero attached hydrogens (tertiary/aromatic N) is 2. The minimum atomic E-state index is -0.775. The Morgan fingerprint density at radius 3 is 2.55 bits per heavy atom. The Hall–Kier alpha value is -2.93. The van der Waals surface area contributed by atoms with Gasteiger partial charge in [-0.3, -0.25) is 14.4 Å². The number of benzene rings is 1. The predicted molar refractivity (Wildman–Crippen MR) is 107 cm³/mol. The summed E-state index contributed by atoms with van der Waals surface area (Å²) in [5.74, 6) is -1.14. The number of aliphatic hydroxyl groups excluding tert-OH is 1. The van der Waals surface area contributed by atoms with Gasteiger partial charge in [0.25, 0.3) is 5.56 Å². The molecule has 7 nitrogen and oxygen atoms in total. The minimum absolute atomic E-state index is 0.129. The summed E-state index contributed by atoms with van der Waals surface area (Å²) in [6.07, 6.45) is 0. The maximum absolute atomic E-state index is 13.2. The molecule has 0 aliphatic carbocycles. The number of rotatable bonds is 4. The lowest BCUT2D eigenvalue weighted by molar-refractivity contribution is -0.140. The van der Waals surface area contributed by atoms with Gasteiger partial charge in [0.1, 0.15) is 6.04 Å². The average molecular weight is 395 g/mol. The zero-order valence-corrected chi connectivity index (χ0v) is 16.5. The van der Waals surface area contributed by atoms with Crippen LogP contribution in [0.5, 0.6) is 0 Å². The van der Waals surface area contributed by atoms with Crippen molar-refractivity contribution in [2.24, 2.45) is 11.8 Å². The molecule has 1 saturated heterocycles. The molecule has 152 valence electrons. The summed E-state index contributed by atoms with van der Waals surface area (Å²) in [5.41, 5.74) is 1.56. The van der Waals surface area contributed by atoms with Crippen LogP contribution in [0.15, 0.2) is 53.3 Å². The van der Waals surface area contributed by atoms with Gasteiger partial charge in [-0.25, -0.2) is 0 Å². The molecule has 2 aliphatic rings. The molecule has 2 N–H and O–H groups in total. The van der Waals surface area contributed by atoms with Crippen LogP contribution in [0.4, 0.5) is 0 Å². The fraction of sp³-hybridized carbons (Fsp3) is 0.409. The number of amides is 2. The third-order valence-electron chi connectivity index (χ3n) is 6.24. The number of hydrogen-bond acceptors (Lipinski definition) is 4. The topological polar surface area (TPSA) is 91.6 Å². The van der Waals surface area contributed by atoms with Gasteiger partial charge in [-0.1, -0.05) is 36.4 Å². The van der Waals surface area contributed by atoms with Gasteiger partial charge in [0.15, 0.2) is 0 Å². The van der Waals surface area contributed by atoms with E-state index in [1.165, 1.54) is 13.0 Å². The van der Waals surface area contributed by atoms with Crippen molar-refractivity contribution in [3.63, 3.8) is 0 Å². The maximum Gasteiger partial charge on any atom is 0.250 e. The molecule has 1 aromatic carbocycles. The molecule has 3 heterocycles. The lowest BCUT2D eigenvalue weighted by Gasteiger charge is -2.31. The standard InChI is InChI=1S/C22H25N3O4/c1-13(15-7-4-3-5-8-15)23-22(29)21-17(12-26)16-11-24-18(9-6-10-19(24)28)20(16)25(21)14(2)27/h3-10,13,16-17,20-21,26H,11-12H2,1-2H3,(H,23,29)/t13-,16-,17-,20+,21-/m0/s1. The number of carbonyl (C=O) groups excluding carboxylic acids is 2. The third kappa shape index (κ3) is 3.15. The minimum Gasteiger partial charge on any atom is -0.396 e. The third-order valence-corrected chi connectivity index (χ3v) is 6.24. The number of aliphatic hydroxyl groups is 1. The number of hydrogen-bond donors (Lipinski definition) is 2. The van der Waals surface area contributed by atoms with Gasteiger partial charge in [-0.05, 0) is 18.6 Å². The van der Waals surface area contributed by atoms with Gasteiger partial charge in [0.05, 0.1) is 12.1 Å². The van der Waals surface area contributed by atoms with E-state index in [0.717, 1.165) is 11.3 Å². The summed E-state index contributed by atoms with van der Waals surface area (Å²) in [7, 11) is 0. The van der Waals surface area contributed by atoms with Crippen molar-refractivity contribution < 1.29 is 14.7 Å². The molecule has 7 heteroatoms. The highest BCUT2D eigenvalue weighted by atomic mass is 16.3. The first-order chi connectivity index (χ1) is 13.9. The Labute approximate surface area is 169 Å². The second-order valence-electron chi connectivity index (χ2n) is 7.87. The molecule has 2 amide bonds. The SMILES string of the molecule is CC(=O)N1[C@H](C(=O)N[C@@H](C)c2ccccc2)[C@@H](CO)[C@@H]2Cn3c(cccc3=O)[C@@H]21. The summed E-state index contributed by atoms with van der Waals surface area (Å²) in [5, 5.41) is 13.1. The van der Waals surface area contributed by atoms with E-state index in [0.29, 0.717) is 6.54 Å². The van der Waals surface area contributed by atoms with Crippen LogP contribution in [-0.2, 0) is 16.1 Å². The summed E-state index contributed by atoms with van der Waals surface area (Å²) in [6, 6.07) is 13.2. The Kier molecular flexibility index (Phi) is 5.00. The largest absolute Gasteiger partial charge is 0.396 e. The first-order valence-electron chi connectivity index (χ1n) is 9.89. The van der Waals surface area contributed by atoms with Gasteiger partial charge >= 0.3 is 0 Å². The van der Waals surface area contributed by atoms with Crippen molar-refractivity contribution in [1.29, 1.82) is 0 Å². The zero-order chi connectivity index (χ0) is 20.7. The monoisotopic (exact) mass is 395 g/mol.